The number of hydrogen-bond acceptors (Lipinski definition) is 6. The lowest BCUT2D eigenvalue weighted by molar-refractivity contribution is -0.115. The molecule has 0 fully saturated rings. The number of Topliss-reactive ketones (excluding diaryl/α,β-unsaturated/α-hetero) is 1. The second-order valence-corrected chi connectivity index (χ2v) is 8.33. The van der Waals surface area contributed by atoms with Gasteiger partial charge in [0, 0.05) is 17.0 Å². The predicted molar refractivity (Wildman–Crippen MR) is 108 cm³/mol. The second kappa shape index (κ2) is 8.96. The molecule has 2 heterocycles. The van der Waals surface area contributed by atoms with Crippen LogP contribution in [0.3, 0.4) is 0 Å². The normalized spacial score (nSPS) is 11.9. The minimum absolute atomic E-state index is 0.0838. The predicted octanol–water partition coefficient (Wildman–Crippen LogP) is 3.90. The van der Waals surface area contributed by atoms with Crippen molar-refractivity contribution in [3.05, 3.63) is 58.5 Å². The standard InChI is InChI=1S/C19H20N4O2S2/c1-13(24)16-7-3-4-8-17(16)21-18(25)14(2)27-19-22-20-12-23(19)10-9-15-6-5-11-26-15/h3-8,11-12,14H,9-10H2,1-2H3,(H,21,25). The summed E-state index contributed by atoms with van der Waals surface area (Å²) in [5, 5.41) is 13.3. The smallest absolute Gasteiger partial charge is 0.237 e. The van der Waals surface area contributed by atoms with Crippen LogP contribution >= 0.6 is 23.1 Å². The maximum Gasteiger partial charge on any atom is 0.237 e. The van der Waals surface area contributed by atoms with E-state index in [4.69, 9.17) is 0 Å². The van der Waals surface area contributed by atoms with Crippen LogP contribution in [0.2, 0.25) is 0 Å². The molecule has 2 aromatic heterocycles. The lowest BCUT2D eigenvalue weighted by Gasteiger charge is -2.14. The van der Waals surface area contributed by atoms with Crippen LogP contribution in [0.5, 0.6) is 0 Å². The highest BCUT2D eigenvalue weighted by Gasteiger charge is 2.19. The summed E-state index contributed by atoms with van der Waals surface area (Å²) in [6.45, 7) is 4.06. The maximum absolute atomic E-state index is 12.6. The van der Waals surface area contributed by atoms with E-state index in [0.717, 1.165) is 13.0 Å². The first-order valence-electron chi connectivity index (χ1n) is 8.52. The fourth-order valence-corrected chi connectivity index (χ4v) is 4.07. The molecular weight excluding hydrogens is 380 g/mol. The summed E-state index contributed by atoms with van der Waals surface area (Å²) in [5.74, 6) is -0.263. The lowest BCUT2D eigenvalue weighted by atomic mass is 10.1. The van der Waals surface area contributed by atoms with Crippen molar-refractivity contribution < 1.29 is 9.59 Å². The molecule has 3 rings (SSSR count). The Morgan fingerprint density at radius 2 is 2.07 bits per heavy atom. The first-order valence-corrected chi connectivity index (χ1v) is 10.3. The Hall–Kier alpha value is -2.45. The van der Waals surface area contributed by atoms with Crippen LogP contribution in [0.25, 0.3) is 0 Å². The van der Waals surface area contributed by atoms with E-state index in [2.05, 4.69) is 27.0 Å². The molecule has 1 aromatic carbocycles. The first-order chi connectivity index (χ1) is 13.0. The molecule has 0 aliphatic rings. The highest BCUT2D eigenvalue weighted by Crippen LogP contribution is 2.24. The van der Waals surface area contributed by atoms with Gasteiger partial charge in [-0.15, -0.1) is 21.5 Å². The number of benzene rings is 1. The largest absolute Gasteiger partial charge is 0.324 e. The van der Waals surface area contributed by atoms with Gasteiger partial charge in [0.2, 0.25) is 5.91 Å². The van der Waals surface area contributed by atoms with Crippen LogP contribution < -0.4 is 5.32 Å². The number of rotatable bonds is 8. The summed E-state index contributed by atoms with van der Waals surface area (Å²) in [5.41, 5.74) is 1.03. The Balaban J connectivity index is 1.62. The third-order valence-electron chi connectivity index (χ3n) is 3.97. The van der Waals surface area contributed by atoms with Gasteiger partial charge >= 0.3 is 0 Å². The summed E-state index contributed by atoms with van der Waals surface area (Å²) in [6, 6.07) is 11.1. The van der Waals surface area contributed by atoms with Crippen molar-refractivity contribution in [1.82, 2.24) is 14.8 Å². The van der Waals surface area contributed by atoms with Gasteiger partial charge in [0.1, 0.15) is 6.33 Å². The number of aryl methyl sites for hydroxylation is 2. The average Bonchev–Trinajstić information content (AvgIpc) is 3.32. The molecule has 1 atom stereocenters. The number of thiophene rings is 1. The zero-order chi connectivity index (χ0) is 19.2. The van der Waals surface area contributed by atoms with E-state index in [0.29, 0.717) is 16.4 Å². The number of anilines is 1. The van der Waals surface area contributed by atoms with E-state index in [1.807, 2.05) is 17.6 Å². The van der Waals surface area contributed by atoms with Crippen LogP contribution in [-0.2, 0) is 17.8 Å². The third-order valence-corrected chi connectivity index (χ3v) is 6.01. The third kappa shape index (κ3) is 5.05. The second-order valence-electron chi connectivity index (χ2n) is 5.99. The van der Waals surface area contributed by atoms with E-state index in [1.165, 1.54) is 23.6 Å². The monoisotopic (exact) mass is 400 g/mol. The van der Waals surface area contributed by atoms with Crippen LogP contribution in [0.4, 0.5) is 5.69 Å². The Kier molecular flexibility index (Phi) is 6.41. The van der Waals surface area contributed by atoms with Crippen LogP contribution in [0, 0.1) is 0 Å². The molecule has 0 spiro atoms. The zero-order valence-electron chi connectivity index (χ0n) is 15.1. The molecule has 1 N–H and O–H groups in total. The van der Waals surface area contributed by atoms with Gasteiger partial charge in [-0.1, -0.05) is 30.0 Å². The summed E-state index contributed by atoms with van der Waals surface area (Å²) in [4.78, 5) is 25.6. The van der Waals surface area contributed by atoms with E-state index < -0.39 is 0 Å². The highest BCUT2D eigenvalue weighted by atomic mass is 32.2. The lowest BCUT2D eigenvalue weighted by Crippen LogP contribution is -2.24. The summed E-state index contributed by atoms with van der Waals surface area (Å²) in [7, 11) is 0. The number of ketones is 1. The van der Waals surface area contributed by atoms with Crippen molar-refractivity contribution in [3.63, 3.8) is 0 Å². The van der Waals surface area contributed by atoms with Crippen molar-refractivity contribution in [2.45, 2.75) is 37.2 Å². The summed E-state index contributed by atoms with van der Waals surface area (Å²) >= 11 is 3.07. The van der Waals surface area contributed by atoms with E-state index in [9.17, 15) is 9.59 Å². The van der Waals surface area contributed by atoms with Crippen molar-refractivity contribution in [2.75, 3.05) is 5.32 Å². The fourth-order valence-electron chi connectivity index (χ4n) is 2.52. The molecule has 0 aliphatic carbocycles. The average molecular weight is 401 g/mol. The Labute approximate surface area is 166 Å². The minimum Gasteiger partial charge on any atom is -0.324 e. The van der Waals surface area contributed by atoms with Crippen molar-refractivity contribution in [3.8, 4) is 0 Å². The number of para-hydroxylation sites is 1. The number of thioether (sulfide) groups is 1. The molecule has 0 bridgehead atoms. The minimum atomic E-state index is -0.380. The topological polar surface area (TPSA) is 76.9 Å². The zero-order valence-corrected chi connectivity index (χ0v) is 16.7. The SMILES string of the molecule is CC(=O)c1ccccc1NC(=O)C(C)Sc1nncn1CCc1cccs1. The molecule has 6 nitrogen and oxygen atoms in total. The number of hydrogen-bond donors (Lipinski definition) is 1. The van der Waals surface area contributed by atoms with Crippen molar-refractivity contribution in [1.29, 1.82) is 0 Å². The number of amides is 1. The fraction of sp³-hybridized carbons (Fsp3) is 0.263. The molecule has 0 radical (unpaired) electrons. The Morgan fingerprint density at radius 1 is 1.26 bits per heavy atom. The van der Waals surface area contributed by atoms with Gasteiger partial charge in [0.15, 0.2) is 10.9 Å². The molecular formula is C19H20N4O2S2. The molecule has 0 saturated carbocycles. The van der Waals surface area contributed by atoms with Gasteiger partial charge < -0.3 is 9.88 Å². The highest BCUT2D eigenvalue weighted by molar-refractivity contribution is 8.00. The number of nitrogens with one attached hydrogen (secondary N) is 1. The van der Waals surface area contributed by atoms with Gasteiger partial charge in [-0.3, -0.25) is 9.59 Å². The molecule has 0 aliphatic heterocycles. The van der Waals surface area contributed by atoms with E-state index in [-0.39, 0.29) is 16.9 Å². The first kappa shape index (κ1) is 19.3. The molecule has 27 heavy (non-hydrogen) atoms. The number of carbonyl (C=O) groups is 2. The number of nitrogens with zero attached hydrogens (tertiary/aromatic N) is 3. The Bertz CT molecular complexity index is 921. The van der Waals surface area contributed by atoms with Gasteiger partial charge in [-0.25, -0.2) is 0 Å². The van der Waals surface area contributed by atoms with Gasteiger partial charge in [0.05, 0.1) is 10.9 Å². The number of carbonyl (C=O) groups excluding carboxylic acids is 2. The van der Waals surface area contributed by atoms with E-state index >= 15 is 0 Å². The van der Waals surface area contributed by atoms with Gasteiger partial charge in [0.25, 0.3) is 0 Å². The molecule has 3 aromatic rings. The molecule has 1 amide bonds. The summed E-state index contributed by atoms with van der Waals surface area (Å²) in [6.07, 6.45) is 2.58. The Morgan fingerprint density at radius 3 is 2.81 bits per heavy atom. The van der Waals surface area contributed by atoms with Gasteiger partial charge in [-0.2, -0.15) is 0 Å². The van der Waals surface area contributed by atoms with E-state index in [1.54, 1.807) is 41.9 Å². The number of aromatic nitrogens is 3. The van der Waals surface area contributed by atoms with Crippen molar-refractivity contribution in [2.24, 2.45) is 0 Å². The van der Waals surface area contributed by atoms with Gasteiger partial charge in [-0.05, 0) is 43.8 Å². The molecule has 0 saturated heterocycles. The maximum atomic E-state index is 12.6. The molecule has 1 unspecified atom stereocenters. The molecule has 8 heteroatoms. The summed E-state index contributed by atoms with van der Waals surface area (Å²) < 4.78 is 1.96. The van der Waals surface area contributed by atoms with Crippen LogP contribution in [0.1, 0.15) is 29.1 Å². The molecule has 140 valence electrons. The van der Waals surface area contributed by atoms with Crippen LogP contribution in [0.15, 0.2) is 53.3 Å². The van der Waals surface area contributed by atoms with Crippen LogP contribution in [-0.4, -0.2) is 31.7 Å². The van der Waals surface area contributed by atoms with Crippen molar-refractivity contribution >= 4 is 40.5 Å². The quantitative estimate of drug-likeness (QED) is 0.458.